The Morgan fingerprint density at radius 3 is 2.21 bits per heavy atom. The second-order valence-electron chi connectivity index (χ2n) is 11.2. The molecule has 7 heteroatoms. The van der Waals surface area contributed by atoms with Gasteiger partial charge in [0.1, 0.15) is 17.7 Å². The number of carbonyl (C=O) groups is 3. The first-order chi connectivity index (χ1) is 20.6. The molecule has 7 nitrogen and oxygen atoms in total. The lowest BCUT2D eigenvalue weighted by Crippen LogP contribution is -2.53. The summed E-state index contributed by atoms with van der Waals surface area (Å²) in [7, 11) is 0. The average Bonchev–Trinajstić information content (AvgIpc) is 2.98. The van der Waals surface area contributed by atoms with Crippen molar-refractivity contribution in [3.05, 3.63) is 114 Å². The van der Waals surface area contributed by atoms with Crippen LogP contribution in [-0.4, -0.2) is 41.0 Å². The van der Waals surface area contributed by atoms with E-state index >= 15 is 0 Å². The predicted octanol–water partition coefficient (Wildman–Crippen LogP) is 6.49. The van der Waals surface area contributed by atoms with Crippen molar-refractivity contribution in [2.24, 2.45) is 0 Å². The number of alkyl carbamates (subject to hydrolysis) is 1. The minimum absolute atomic E-state index is 0.175. The van der Waals surface area contributed by atoms with Gasteiger partial charge in [0.05, 0.1) is 0 Å². The topological polar surface area (TPSA) is 87.7 Å². The van der Waals surface area contributed by atoms with Crippen molar-refractivity contribution in [1.82, 2.24) is 10.2 Å². The van der Waals surface area contributed by atoms with Crippen LogP contribution >= 0.6 is 0 Å². The van der Waals surface area contributed by atoms with Gasteiger partial charge in [0, 0.05) is 24.2 Å². The molecule has 220 valence electrons. The molecule has 0 saturated carbocycles. The number of fused-ring (bicyclic) bond motifs is 1. The highest BCUT2D eigenvalue weighted by Crippen LogP contribution is 2.28. The predicted molar refractivity (Wildman–Crippen MR) is 170 cm³/mol. The van der Waals surface area contributed by atoms with E-state index in [2.05, 4.69) is 16.6 Å². The van der Waals surface area contributed by atoms with Crippen molar-refractivity contribution >= 4 is 34.4 Å². The van der Waals surface area contributed by atoms with E-state index in [-0.39, 0.29) is 13.0 Å². The molecule has 0 radical (unpaired) electrons. The molecule has 0 heterocycles. The number of amides is 3. The Bertz CT molecular complexity index is 1640. The van der Waals surface area contributed by atoms with Crippen LogP contribution in [0.2, 0.25) is 0 Å². The fourth-order valence-electron chi connectivity index (χ4n) is 4.96. The highest BCUT2D eigenvalue weighted by Gasteiger charge is 2.36. The lowest BCUT2D eigenvalue weighted by Gasteiger charge is -2.34. The summed E-state index contributed by atoms with van der Waals surface area (Å²) in [6, 6.07) is 27.8. The molecule has 0 saturated heterocycles. The van der Waals surface area contributed by atoms with Gasteiger partial charge in [0.15, 0.2) is 0 Å². The van der Waals surface area contributed by atoms with Crippen LogP contribution in [0.3, 0.4) is 0 Å². The zero-order valence-electron chi connectivity index (χ0n) is 25.0. The van der Waals surface area contributed by atoms with Gasteiger partial charge in [-0.05, 0) is 67.8 Å². The maximum atomic E-state index is 14.4. The number of nitrogens with one attached hydrogen (secondary N) is 2. The molecule has 4 aromatic carbocycles. The largest absolute Gasteiger partial charge is 0.444 e. The molecule has 0 bridgehead atoms. The van der Waals surface area contributed by atoms with E-state index in [9.17, 15) is 14.4 Å². The SMILES string of the molecule is C#Cc1ccccc1C(C(=O)Nc1ccc2ccccc2c1)N(CC)C(=O)C(Cc1ccccc1)NC(=O)OC(C)(C)C. The van der Waals surface area contributed by atoms with E-state index in [1.165, 1.54) is 4.90 Å². The Hall–Kier alpha value is -5.09. The van der Waals surface area contributed by atoms with Crippen molar-refractivity contribution in [1.29, 1.82) is 0 Å². The number of rotatable bonds is 9. The fraction of sp³-hybridized carbons (Fsp3) is 0.250. The van der Waals surface area contributed by atoms with Crippen LogP contribution in [0.4, 0.5) is 10.5 Å². The third-order valence-corrected chi connectivity index (χ3v) is 6.88. The summed E-state index contributed by atoms with van der Waals surface area (Å²) in [5.41, 5.74) is 1.67. The van der Waals surface area contributed by atoms with Crippen LogP contribution < -0.4 is 10.6 Å². The van der Waals surface area contributed by atoms with E-state index in [0.29, 0.717) is 16.8 Å². The molecule has 4 rings (SSSR count). The monoisotopic (exact) mass is 575 g/mol. The van der Waals surface area contributed by atoms with E-state index in [1.807, 2.05) is 72.8 Å². The summed E-state index contributed by atoms with van der Waals surface area (Å²) in [5.74, 6) is 1.79. The van der Waals surface area contributed by atoms with Gasteiger partial charge in [-0.15, -0.1) is 6.42 Å². The van der Waals surface area contributed by atoms with Gasteiger partial charge in [-0.2, -0.15) is 0 Å². The van der Waals surface area contributed by atoms with Crippen LogP contribution in [0.15, 0.2) is 97.1 Å². The van der Waals surface area contributed by atoms with E-state index in [0.717, 1.165) is 16.3 Å². The molecular weight excluding hydrogens is 538 g/mol. The van der Waals surface area contributed by atoms with Crippen molar-refractivity contribution in [2.45, 2.75) is 51.8 Å². The quantitative estimate of drug-likeness (QED) is 0.224. The Morgan fingerprint density at radius 1 is 0.884 bits per heavy atom. The van der Waals surface area contributed by atoms with Gasteiger partial charge in [-0.3, -0.25) is 9.59 Å². The first kappa shape index (κ1) is 30.9. The van der Waals surface area contributed by atoms with Crippen molar-refractivity contribution in [3.63, 3.8) is 0 Å². The zero-order chi connectivity index (χ0) is 31.0. The third-order valence-electron chi connectivity index (χ3n) is 6.88. The van der Waals surface area contributed by atoms with Gasteiger partial charge in [-0.1, -0.05) is 84.8 Å². The number of hydrogen-bond acceptors (Lipinski definition) is 4. The van der Waals surface area contributed by atoms with Crippen LogP contribution in [0.25, 0.3) is 10.8 Å². The Labute approximate surface area is 253 Å². The minimum Gasteiger partial charge on any atom is -0.444 e. The fourth-order valence-corrected chi connectivity index (χ4v) is 4.96. The standard InChI is InChI=1S/C36H37N3O4/c1-6-26-17-13-14-20-30(26)32(33(40)37-29-22-21-27-18-11-12-19-28(27)24-29)39(7-2)34(41)31(23-25-15-9-8-10-16-25)38-35(42)43-36(3,4)5/h1,8-22,24,31-32H,7,23H2,2-5H3,(H,37,40)(H,38,42). The number of likely N-dealkylation sites (N-methyl/N-ethyl adjacent to an activating group) is 1. The summed E-state index contributed by atoms with van der Waals surface area (Å²) in [6.07, 6.45) is 5.33. The summed E-state index contributed by atoms with van der Waals surface area (Å²) in [5, 5.41) is 7.76. The van der Waals surface area contributed by atoms with E-state index in [1.54, 1.807) is 52.0 Å². The first-order valence-corrected chi connectivity index (χ1v) is 14.3. The van der Waals surface area contributed by atoms with Gasteiger partial charge in [0.25, 0.3) is 5.91 Å². The Morgan fingerprint density at radius 2 is 1.53 bits per heavy atom. The molecule has 43 heavy (non-hydrogen) atoms. The molecule has 0 aliphatic heterocycles. The number of carbonyl (C=O) groups excluding carboxylic acids is 3. The van der Waals surface area contributed by atoms with Crippen molar-refractivity contribution in [3.8, 4) is 12.3 Å². The number of anilines is 1. The maximum Gasteiger partial charge on any atom is 0.408 e. The second kappa shape index (κ2) is 13.7. The average molecular weight is 576 g/mol. The molecule has 2 atom stereocenters. The van der Waals surface area contributed by atoms with Crippen LogP contribution in [0, 0.1) is 12.3 Å². The van der Waals surface area contributed by atoms with Crippen molar-refractivity contribution < 1.29 is 19.1 Å². The summed E-state index contributed by atoms with van der Waals surface area (Å²) in [4.78, 5) is 42.8. The molecule has 0 aromatic heterocycles. The number of benzene rings is 4. The van der Waals surface area contributed by atoms with Gasteiger partial charge in [0.2, 0.25) is 5.91 Å². The molecule has 0 aliphatic rings. The Kier molecular flexibility index (Phi) is 9.84. The summed E-state index contributed by atoms with van der Waals surface area (Å²) in [6.45, 7) is 7.23. The minimum atomic E-state index is -1.07. The number of nitrogens with zero attached hydrogens (tertiary/aromatic N) is 1. The molecule has 0 spiro atoms. The molecule has 0 fully saturated rings. The van der Waals surface area contributed by atoms with Gasteiger partial charge >= 0.3 is 6.09 Å². The lowest BCUT2D eigenvalue weighted by molar-refractivity contribution is -0.140. The smallest absolute Gasteiger partial charge is 0.408 e. The zero-order valence-corrected chi connectivity index (χ0v) is 25.0. The summed E-state index contributed by atoms with van der Waals surface area (Å²) < 4.78 is 5.49. The maximum absolute atomic E-state index is 14.4. The number of terminal acetylenes is 1. The van der Waals surface area contributed by atoms with Crippen molar-refractivity contribution in [2.75, 3.05) is 11.9 Å². The second-order valence-corrected chi connectivity index (χ2v) is 11.2. The summed E-state index contributed by atoms with van der Waals surface area (Å²) >= 11 is 0. The molecule has 2 unspecified atom stereocenters. The normalized spacial score (nSPS) is 12.4. The van der Waals surface area contributed by atoms with Gasteiger partial charge < -0.3 is 20.3 Å². The third kappa shape index (κ3) is 8.02. The van der Waals surface area contributed by atoms with Crippen LogP contribution in [-0.2, 0) is 20.7 Å². The van der Waals surface area contributed by atoms with Crippen LogP contribution in [0.1, 0.15) is 50.4 Å². The number of ether oxygens (including phenoxy) is 1. The molecule has 3 amide bonds. The van der Waals surface area contributed by atoms with Crippen LogP contribution in [0.5, 0.6) is 0 Å². The van der Waals surface area contributed by atoms with E-state index < -0.39 is 35.6 Å². The highest BCUT2D eigenvalue weighted by molar-refractivity contribution is 6.00. The Balaban J connectivity index is 1.73. The highest BCUT2D eigenvalue weighted by atomic mass is 16.6. The van der Waals surface area contributed by atoms with E-state index in [4.69, 9.17) is 11.2 Å². The molecule has 4 aromatic rings. The molecule has 0 aliphatic carbocycles. The first-order valence-electron chi connectivity index (χ1n) is 14.3. The lowest BCUT2D eigenvalue weighted by atomic mass is 9.96. The molecular formula is C36H37N3O4. The number of hydrogen-bond donors (Lipinski definition) is 2. The van der Waals surface area contributed by atoms with Gasteiger partial charge in [-0.25, -0.2) is 4.79 Å². The molecule has 2 N–H and O–H groups in total.